The molecule has 2 aliphatic carbocycles. The van der Waals surface area contributed by atoms with E-state index in [1.807, 2.05) is 12.1 Å². The predicted molar refractivity (Wildman–Crippen MR) is 110 cm³/mol. The Morgan fingerprint density at radius 2 is 1.45 bits per heavy atom. The monoisotopic (exact) mass is 414 g/mol. The number of halogens is 4. The van der Waals surface area contributed by atoms with Crippen LogP contribution in [-0.4, -0.2) is 6.86 Å². The SMILES string of the molecule is CCCC1CCC(C2CCC(c3ccc(OCF)cc3)CC2)CC1.FC=C(F)F. The second kappa shape index (κ2) is 12.9. The van der Waals surface area contributed by atoms with Gasteiger partial charge in [0.05, 0.1) is 0 Å². The number of alkyl halides is 1. The second-order valence-electron chi connectivity index (χ2n) is 8.40. The summed E-state index contributed by atoms with van der Waals surface area (Å²) in [6, 6.07) is 8.09. The lowest BCUT2D eigenvalue weighted by Crippen LogP contribution is -2.25. The molecule has 0 aliphatic heterocycles. The summed E-state index contributed by atoms with van der Waals surface area (Å²) in [4.78, 5) is 0. The van der Waals surface area contributed by atoms with Gasteiger partial charge in [0, 0.05) is 0 Å². The summed E-state index contributed by atoms with van der Waals surface area (Å²) in [6.07, 6.45) is 11.1. The second-order valence-corrected chi connectivity index (χ2v) is 8.40. The Kier molecular flexibility index (Phi) is 10.6. The summed E-state index contributed by atoms with van der Waals surface area (Å²) < 4.78 is 47.8. The van der Waals surface area contributed by atoms with E-state index in [-0.39, 0.29) is 0 Å². The van der Waals surface area contributed by atoms with Gasteiger partial charge < -0.3 is 4.74 Å². The van der Waals surface area contributed by atoms with Crippen LogP contribution in [0, 0.1) is 17.8 Å². The van der Waals surface area contributed by atoms with Gasteiger partial charge >= 0.3 is 0 Å². The number of ether oxygens (including phenoxy) is 1. The molecule has 2 aliphatic rings. The fourth-order valence-corrected chi connectivity index (χ4v) is 5.18. The van der Waals surface area contributed by atoms with Crippen LogP contribution in [0.25, 0.3) is 0 Å². The molecule has 0 unspecified atom stereocenters. The van der Waals surface area contributed by atoms with Gasteiger partial charge in [-0.25, -0.2) is 8.78 Å². The number of hydrogen-bond acceptors (Lipinski definition) is 1. The molecular weight excluding hydrogens is 380 g/mol. The average Bonchev–Trinajstić information content (AvgIpc) is 2.76. The first-order valence-corrected chi connectivity index (χ1v) is 11.0. The van der Waals surface area contributed by atoms with E-state index < -0.39 is 19.3 Å². The van der Waals surface area contributed by atoms with Crippen LogP contribution in [0.3, 0.4) is 0 Å². The minimum absolute atomic E-state index is 0.638. The lowest BCUT2D eigenvalue weighted by Gasteiger charge is -2.38. The van der Waals surface area contributed by atoms with Crippen molar-refractivity contribution in [1.82, 2.24) is 0 Å². The fourth-order valence-electron chi connectivity index (χ4n) is 5.18. The van der Waals surface area contributed by atoms with E-state index in [0.717, 1.165) is 17.8 Å². The first kappa shape index (κ1) is 23.8. The van der Waals surface area contributed by atoms with Crippen LogP contribution in [0.2, 0.25) is 0 Å². The molecule has 0 spiro atoms. The molecule has 1 nitrogen and oxygen atoms in total. The van der Waals surface area contributed by atoms with E-state index in [1.54, 1.807) is 0 Å². The van der Waals surface area contributed by atoms with Crippen molar-refractivity contribution in [3.63, 3.8) is 0 Å². The molecular formula is C24H34F4O. The van der Waals surface area contributed by atoms with E-state index >= 15 is 0 Å². The van der Waals surface area contributed by atoms with Crippen LogP contribution in [-0.2, 0) is 0 Å². The quantitative estimate of drug-likeness (QED) is 0.424. The Morgan fingerprint density at radius 3 is 1.90 bits per heavy atom. The zero-order valence-corrected chi connectivity index (χ0v) is 17.4. The highest BCUT2D eigenvalue weighted by molar-refractivity contribution is 5.29. The molecule has 29 heavy (non-hydrogen) atoms. The van der Waals surface area contributed by atoms with Gasteiger partial charge in [-0.15, -0.1) is 0 Å². The Hall–Kier alpha value is -1.52. The van der Waals surface area contributed by atoms with Crippen molar-refractivity contribution in [2.24, 2.45) is 17.8 Å². The third-order valence-electron chi connectivity index (χ3n) is 6.68. The molecule has 2 fully saturated rings. The largest absolute Gasteiger partial charge is 0.463 e. The zero-order valence-electron chi connectivity index (χ0n) is 17.4. The van der Waals surface area contributed by atoms with Gasteiger partial charge in [0.1, 0.15) is 5.75 Å². The first-order chi connectivity index (χ1) is 14.1. The van der Waals surface area contributed by atoms with Crippen LogP contribution in [0.1, 0.15) is 82.6 Å². The summed E-state index contributed by atoms with van der Waals surface area (Å²) >= 11 is 0. The molecule has 1 aromatic rings. The van der Waals surface area contributed by atoms with Crippen molar-refractivity contribution in [1.29, 1.82) is 0 Å². The third kappa shape index (κ3) is 8.02. The first-order valence-electron chi connectivity index (χ1n) is 11.0. The smallest absolute Gasteiger partial charge is 0.298 e. The van der Waals surface area contributed by atoms with Gasteiger partial charge in [0.2, 0.25) is 6.86 Å². The van der Waals surface area contributed by atoms with Crippen molar-refractivity contribution in [2.45, 2.75) is 77.0 Å². The fraction of sp³-hybridized carbons (Fsp3) is 0.667. The minimum Gasteiger partial charge on any atom is -0.463 e. The van der Waals surface area contributed by atoms with Crippen molar-refractivity contribution >= 4 is 0 Å². The van der Waals surface area contributed by atoms with Crippen LogP contribution < -0.4 is 4.74 Å². The van der Waals surface area contributed by atoms with E-state index in [9.17, 15) is 17.6 Å². The van der Waals surface area contributed by atoms with Crippen LogP contribution in [0.15, 0.2) is 36.7 Å². The predicted octanol–water partition coefficient (Wildman–Crippen LogP) is 8.57. The third-order valence-corrected chi connectivity index (χ3v) is 6.68. The van der Waals surface area contributed by atoms with Crippen LogP contribution in [0.4, 0.5) is 17.6 Å². The van der Waals surface area contributed by atoms with Crippen molar-refractivity contribution in [3.8, 4) is 5.75 Å². The van der Waals surface area contributed by atoms with Gasteiger partial charge in [-0.2, -0.15) is 8.78 Å². The van der Waals surface area contributed by atoms with Gasteiger partial charge in [-0.05, 0) is 79.9 Å². The van der Waals surface area contributed by atoms with E-state index in [2.05, 4.69) is 19.1 Å². The van der Waals surface area contributed by atoms with Gasteiger partial charge in [-0.3, -0.25) is 0 Å². The maximum absolute atomic E-state index is 12.2. The lowest BCUT2D eigenvalue weighted by molar-refractivity contribution is 0.156. The molecule has 1 aromatic carbocycles. The summed E-state index contributed by atoms with van der Waals surface area (Å²) in [5.41, 5.74) is 1.41. The Bertz CT molecular complexity index is 581. The Balaban J connectivity index is 0.000000537. The number of benzene rings is 1. The highest BCUT2D eigenvalue weighted by Crippen LogP contribution is 2.44. The molecule has 2 saturated carbocycles. The molecule has 164 valence electrons. The normalized spacial score (nSPS) is 26.8. The van der Waals surface area contributed by atoms with Crippen molar-refractivity contribution < 1.29 is 22.3 Å². The Labute approximate surface area is 172 Å². The van der Waals surface area contributed by atoms with Crippen LogP contribution >= 0.6 is 0 Å². The van der Waals surface area contributed by atoms with Crippen LogP contribution in [0.5, 0.6) is 5.75 Å². The Morgan fingerprint density at radius 1 is 0.931 bits per heavy atom. The minimum atomic E-state index is -2.29. The van der Waals surface area contributed by atoms with E-state index in [1.165, 1.54) is 69.8 Å². The molecule has 0 N–H and O–H groups in total. The summed E-state index contributed by atoms with van der Waals surface area (Å²) in [5.74, 6) is 4.32. The average molecular weight is 415 g/mol. The van der Waals surface area contributed by atoms with Crippen molar-refractivity contribution in [2.75, 3.05) is 6.86 Å². The molecule has 0 amide bonds. The number of rotatable bonds is 6. The highest BCUT2D eigenvalue weighted by atomic mass is 19.3. The van der Waals surface area contributed by atoms with E-state index in [0.29, 0.717) is 11.7 Å². The lowest BCUT2D eigenvalue weighted by atomic mass is 9.68. The zero-order chi connectivity index (χ0) is 21.1. The van der Waals surface area contributed by atoms with E-state index in [4.69, 9.17) is 4.74 Å². The molecule has 0 radical (unpaired) electrons. The molecule has 0 bridgehead atoms. The molecule has 3 rings (SSSR count). The molecule has 0 saturated heterocycles. The maximum atomic E-state index is 12.2. The molecule has 0 aromatic heterocycles. The number of hydrogen-bond donors (Lipinski definition) is 0. The topological polar surface area (TPSA) is 9.23 Å². The summed E-state index contributed by atoms with van der Waals surface area (Å²) in [5, 5.41) is 0. The van der Waals surface area contributed by atoms with Gasteiger partial charge in [0.25, 0.3) is 6.08 Å². The summed E-state index contributed by atoms with van der Waals surface area (Å²) in [6.45, 7) is 1.58. The summed E-state index contributed by atoms with van der Waals surface area (Å²) in [7, 11) is 0. The van der Waals surface area contributed by atoms with Gasteiger partial charge in [0.15, 0.2) is 6.33 Å². The molecule has 0 atom stereocenters. The standard InChI is InChI=1S/C22H33FO.C2HF3/c1-2-3-17-4-6-18(7-5-17)19-8-10-20(11-9-19)21-12-14-22(15-13-21)24-16-23;3-1-2(4)5/h12-15,17-20H,2-11,16H2,1H3;1H. The molecule has 0 heterocycles. The van der Waals surface area contributed by atoms with Crippen molar-refractivity contribution in [3.05, 3.63) is 42.2 Å². The molecule has 5 heteroatoms. The maximum Gasteiger partial charge on any atom is 0.298 e. The van der Waals surface area contributed by atoms with Gasteiger partial charge in [-0.1, -0.05) is 44.7 Å². The highest BCUT2D eigenvalue weighted by Gasteiger charge is 2.31.